The summed E-state index contributed by atoms with van der Waals surface area (Å²) in [5.74, 6) is -0.139. The number of esters is 1. The van der Waals surface area contributed by atoms with Gasteiger partial charge in [0.2, 0.25) is 0 Å². The van der Waals surface area contributed by atoms with E-state index in [1.807, 2.05) is 0 Å². The molecule has 0 spiro atoms. The third-order valence-electron chi connectivity index (χ3n) is 4.87. The Morgan fingerprint density at radius 3 is 2.60 bits per heavy atom. The molecule has 0 aliphatic carbocycles. The van der Waals surface area contributed by atoms with E-state index in [0.717, 1.165) is 0 Å². The normalized spacial score (nSPS) is 17.4. The molecule has 6 nitrogen and oxygen atoms in total. The molecule has 0 bridgehead atoms. The highest BCUT2D eigenvalue weighted by atomic mass is 28.4. The van der Waals surface area contributed by atoms with Crippen LogP contribution in [0.15, 0.2) is 18.2 Å². The number of hydrogen-bond acceptors (Lipinski definition) is 5. The lowest BCUT2D eigenvalue weighted by Crippen LogP contribution is -2.43. The number of hydrogen-bond donors (Lipinski definition) is 1. The van der Waals surface area contributed by atoms with E-state index >= 15 is 0 Å². The molecule has 2 rings (SSSR count). The van der Waals surface area contributed by atoms with Crippen LogP contribution in [0.2, 0.25) is 18.1 Å². The van der Waals surface area contributed by atoms with Gasteiger partial charge in [0.25, 0.3) is 5.91 Å². The van der Waals surface area contributed by atoms with Crippen molar-refractivity contribution in [1.29, 1.82) is 0 Å². The van der Waals surface area contributed by atoms with Crippen LogP contribution in [-0.4, -0.2) is 40.0 Å². The molecule has 1 atom stereocenters. The van der Waals surface area contributed by atoms with Gasteiger partial charge in [-0.1, -0.05) is 20.8 Å². The molecule has 1 aliphatic heterocycles. The Morgan fingerprint density at radius 1 is 1.32 bits per heavy atom. The minimum absolute atomic E-state index is 0.125. The first-order chi connectivity index (χ1) is 11.5. The van der Waals surface area contributed by atoms with Crippen LogP contribution in [0.5, 0.6) is 5.75 Å². The van der Waals surface area contributed by atoms with Gasteiger partial charge in [-0.3, -0.25) is 4.79 Å². The van der Waals surface area contributed by atoms with Gasteiger partial charge in [0, 0.05) is 13.0 Å². The molecule has 1 amide bonds. The third-order valence-corrected chi connectivity index (χ3v) is 9.41. The molecule has 138 valence electrons. The molecular formula is C18H27NO5Si. The molecule has 0 aromatic heterocycles. The lowest BCUT2D eigenvalue weighted by molar-refractivity contribution is -0.124. The molecule has 1 unspecified atom stereocenters. The lowest BCUT2D eigenvalue weighted by Gasteiger charge is -2.36. The zero-order chi connectivity index (χ0) is 18.8. The van der Waals surface area contributed by atoms with Crippen LogP contribution in [0.1, 0.15) is 37.6 Å². The second kappa shape index (κ2) is 7.17. The minimum Gasteiger partial charge on any atom is -0.478 e. The summed E-state index contributed by atoms with van der Waals surface area (Å²) in [5, 5.41) is 2.92. The fourth-order valence-corrected chi connectivity index (χ4v) is 3.28. The Labute approximate surface area is 150 Å². The van der Waals surface area contributed by atoms with Crippen molar-refractivity contribution in [3.63, 3.8) is 0 Å². The van der Waals surface area contributed by atoms with E-state index in [-0.39, 0.29) is 10.9 Å². The van der Waals surface area contributed by atoms with E-state index in [0.29, 0.717) is 30.0 Å². The fraction of sp³-hybridized carbons (Fsp3) is 0.556. The van der Waals surface area contributed by atoms with Gasteiger partial charge in [0.15, 0.2) is 14.4 Å². The number of ether oxygens (including phenoxy) is 2. The Kier molecular flexibility index (Phi) is 5.58. The van der Waals surface area contributed by atoms with Crippen molar-refractivity contribution in [3.05, 3.63) is 23.8 Å². The van der Waals surface area contributed by atoms with Crippen LogP contribution in [0.3, 0.4) is 0 Å². The smallest absolute Gasteiger partial charge is 0.337 e. The first kappa shape index (κ1) is 19.5. The number of carbonyl (C=O) groups is 2. The number of rotatable bonds is 5. The number of fused-ring (bicyclic) bond motifs is 1. The Hall–Kier alpha value is -1.86. The van der Waals surface area contributed by atoms with Crippen molar-refractivity contribution >= 4 is 25.9 Å². The molecule has 1 aliphatic rings. The number of methoxy groups -OCH3 is 1. The van der Waals surface area contributed by atoms with Gasteiger partial charge < -0.3 is 19.2 Å². The summed E-state index contributed by atoms with van der Waals surface area (Å²) in [6.07, 6.45) is -0.113. The third kappa shape index (κ3) is 4.41. The number of benzene rings is 1. The van der Waals surface area contributed by atoms with Crippen molar-refractivity contribution < 1.29 is 23.5 Å². The Balaban J connectivity index is 2.00. The van der Waals surface area contributed by atoms with Gasteiger partial charge in [-0.15, -0.1) is 0 Å². The fourth-order valence-electron chi connectivity index (χ4n) is 2.22. The zero-order valence-electron chi connectivity index (χ0n) is 15.8. The summed E-state index contributed by atoms with van der Waals surface area (Å²) in [5.41, 5.74) is 0.847. The van der Waals surface area contributed by atoms with Crippen molar-refractivity contribution in [1.82, 2.24) is 0 Å². The molecule has 1 heterocycles. The zero-order valence-corrected chi connectivity index (χ0v) is 16.8. The quantitative estimate of drug-likeness (QED) is 0.638. The van der Waals surface area contributed by atoms with Crippen LogP contribution in [0.25, 0.3) is 0 Å². The van der Waals surface area contributed by atoms with E-state index < -0.39 is 20.4 Å². The highest BCUT2D eigenvalue weighted by molar-refractivity contribution is 6.74. The van der Waals surface area contributed by atoms with Crippen LogP contribution >= 0.6 is 0 Å². The summed E-state index contributed by atoms with van der Waals surface area (Å²) in [6, 6.07) is 4.84. The maximum atomic E-state index is 12.3. The molecule has 1 N–H and O–H groups in total. The summed E-state index contributed by atoms with van der Waals surface area (Å²) >= 11 is 0. The SMILES string of the molecule is COC(=O)c1ccc2c(c1)NC(=O)C(CCO[Si](C)(C)C(C)(C)C)O2. The number of amides is 1. The molecule has 1 aromatic rings. The van der Waals surface area contributed by atoms with Crippen LogP contribution in [0, 0.1) is 0 Å². The standard InChI is InChI=1S/C18H27NO5Si/c1-18(2,3)25(5,6)23-10-9-15-16(20)19-13-11-12(17(21)22-4)7-8-14(13)24-15/h7-8,11,15H,9-10H2,1-6H3,(H,19,20). The maximum Gasteiger partial charge on any atom is 0.337 e. The molecular weight excluding hydrogens is 338 g/mol. The summed E-state index contributed by atoms with van der Waals surface area (Å²) in [7, 11) is -0.531. The summed E-state index contributed by atoms with van der Waals surface area (Å²) in [4.78, 5) is 23.8. The molecule has 0 saturated heterocycles. The van der Waals surface area contributed by atoms with E-state index in [4.69, 9.17) is 9.16 Å². The largest absolute Gasteiger partial charge is 0.478 e. The summed E-state index contributed by atoms with van der Waals surface area (Å²) in [6.45, 7) is 11.4. The first-order valence-corrected chi connectivity index (χ1v) is 11.3. The first-order valence-electron chi connectivity index (χ1n) is 8.39. The van der Waals surface area contributed by atoms with E-state index in [9.17, 15) is 9.59 Å². The second-order valence-corrected chi connectivity index (χ2v) is 12.5. The second-order valence-electron chi connectivity index (χ2n) is 7.70. The van der Waals surface area contributed by atoms with Crippen LogP contribution < -0.4 is 10.1 Å². The molecule has 25 heavy (non-hydrogen) atoms. The minimum atomic E-state index is -1.85. The van der Waals surface area contributed by atoms with Crippen molar-refractivity contribution in [3.8, 4) is 5.75 Å². The highest BCUT2D eigenvalue weighted by Crippen LogP contribution is 2.37. The van der Waals surface area contributed by atoms with Crippen LogP contribution in [-0.2, 0) is 14.0 Å². The lowest BCUT2D eigenvalue weighted by atomic mass is 10.1. The number of carbonyl (C=O) groups excluding carboxylic acids is 2. The molecule has 0 radical (unpaired) electrons. The Morgan fingerprint density at radius 2 is 2.00 bits per heavy atom. The number of anilines is 1. The van der Waals surface area contributed by atoms with Gasteiger partial charge in [0.1, 0.15) is 5.75 Å². The van der Waals surface area contributed by atoms with E-state index in [1.165, 1.54) is 7.11 Å². The van der Waals surface area contributed by atoms with E-state index in [1.54, 1.807) is 18.2 Å². The monoisotopic (exact) mass is 365 g/mol. The summed E-state index contributed by atoms with van der Waals surface area (Å²) < 4.78 is 16.6. The molecule has 1 aromatic carbocycles. The molecule has 7 heteroatoms. The van der Waals surface area contributed by atoms with Crippen molar-refractivity contribution in [2.45, 2.75) is 51.4 Å². The average Bonchev–Trinajstić information content (AvgIpc) is 2.52. The molecule has 0 saturated carbocycles. The van der Waals surface area contributed by atoms with Crippen molar-refractivity contribution in [2.24, 2.45) is 0 Å². The molecule has 0 fully saturated rings. The van der Waals surface area contributed by atoms with Gasteiger partial charge in [-0.05, 0) is 36.3 Å². The van der Waals surface area contributed by atoms with Crippen LogP contribution in [0.4, 0.5) is 5.69 Å². The van der Waals surface area contributed by atoms with Gasteiger partial charge >= 0.3 is 5.97 Å². The predicted octanol–water partition coefficient (Wildman–Crippen LogP) is 3.58. The predicted molar refractivity (Wildman–Crippen MR) is 98.6 cm³/mol. The van der Waals surface area contributed by atoms with Crippen molar-refractivity contribution in [2.75, 3.05) is 19.0 Å². The van der Waals surface area contributed by atoms with Gasteiger partial charge in [0.05, 0.1) is 18.4 Å². The van der Waals surface area contributed by atoms with E-state index in [2.05, 4.69) is 43.9 Å². The topological polar surface area (TPSA) is 73.9 Å². The van der Waals surface area contributed by atoms with Gasteiger partial charge in [-0.2, -0.15) is 0 Å². The number of nitrogens with one attached hydrogen (secondary N) is 1. The maximum absolute atomic E-state index is 12.3. The highest BCUT2D eigenvalue weighted by Gasteiger charge is 2.37. The average molecular weight is 366 g/mol. The van der Waals surface area contributed by atoms with Gasteiger partial charge in [-0.25, -0.2) is 4.79 Å². The Bertz CT molecular complexity index is 666.